The van der Waals surface area contributed by atoms with Crippen molar-refractivity contribution in [2.24, 2.45) is 5.92 Å². The topological polar surface area (TPSA) is 99.2 Å². The highest BCUT2D eigenvalue weighted by Gasteiger charge is 2.73. The van der Waals surface area contributed by atoms with E-state index in [9.17, 15) is 15.3 Å². The summed E-state index contributed by atoms with van der Waals surface area (Å²) in [6.45, 7) is 1.93. The lowest BCUT2D eigenvalue weighted by Crippen LogP contribution is -2.77. The average Bonchev–Trinajstić information content (AvgIpc) is 3.33. The number of benzene rings is 1. The van der Waals surface area contributed by atoms with Gasteiger partial charge in [0, 0.05) is 29.9 Å². The number of aromatic hydroxyl groups is 1. The molecule has 2 bridgehead atoms. The Labute approximate surface area is 152 Å². The van der Waals surface area contributed by atoms with Gasteiger partial charge >= 0.3 is 0 Å². The third-order valence-electron chi connectivity index (χ3n) is 7.89. The Morgan fingerprint density at radius 1 is 1.27 bits per heavy atom. The molecule has 5 aliphatic rings. The number of ether oxygens (including phenoxy) is 1. The van der Waals surface area contributed by atoms with Gasteiger partial charge in [-0.3, -0.25) is 4.90 Å². The lowest BCUT2D eigenvalue weighted by molar-refractivity contribution is -0.208. The van der Waals surface area contributed by atoms with E-state index in [2.05, 4.69) is 4.90 Å². The Morgan fingerprint density at radius 3 is 2.85 bits per heavy atom. The number of nitrogens with two attached hydrogens (primary N) is 1. The molecule has 26 heavy (non-hydrogen) atoms. The molecule has 1 aromatic carbocycles. The van der Waals surface area contributed by atoms with Crippen molar-refractivity contribution < 1.29 is 20.1 Å². The van der Waals surface area contributed by atoms with Crippen molar-refractivity contribution in [3.05, 3.63) is 17.2 Å². The summed E-state index contributed by atoms with van der Waals surface area (Å²) in [4.78, 5) is 2.46. The smallest absolute Gasteiger partial charge is 0.165 e. The zero-order valence-electron chi connectivity index (χ0n) is 14.8. The Hall–Kier alpha value is -1.50. The molecule has 1 aromatic rings. The number of phenols is 1. The number of aliphatic hydroxyl groups excluding tert-OH is 1. The fourth-order valence-corrected chi connectivity index (χ4v) is 6.57. The molecular formula is C20H26N2O4. The second kappa shape index (κ2) is 4.66. The number of nitrogens with zero attached hydrogens (tertiary/aromatic N) is 1. The lowest BCUT2D eigenvalue weighted by atomic mass is 9.48. The predicted molar refractivity (Wildman–Crippen MR) is 95.2 cm³/mol. The standard InChI is InChI=1S/C20H26N2O4/c21-12-8-14(24)17-16-11(12)7-15-20(25)4-3-13(23)18(26-17)19(16,20)5-6-22(15)9-10-1-2-10/h8,10,13,15,18,23-25H,1-7,9,21H2/t13-,15+,18-,19-,20+/m0/s1. The molecule has 6 nitrogen and oxygen atoms in total. The molecule has 0 radical (unpaired) electrons. The van der Waals surface area contributed by atoms with Gasteiger partial charge in [-0.2, -0.15) is 0 Å². The van der Waals surface area contributed by atoms with Crippen LogP contribution in [-0.2, 0) is 11.8 Å². The van der Waals surface area contributed by atoms with Gasteiger partial charge in [0.1, 0.15) is 6.10 Å². The fourth-order valence-electron chi connectivity index (χ4n) is 6.57. The van der Waals surface area contributed by atoms with Crippen LogP contribution in [0.4, 0.5) is 5.69 Å². The highest BCUT2D eigenvalue weighted by molar-refractivity contribution is 5.70. The van der Waals surface area contributed by atoms with Gasteiger partial charge in [0.15, 0.2) is 11.5 Å². The number of anilines is 1. The molecule has 0 aromatic heterocycles. The van der Waals surface area contributed by atoms with Crippen molar-refractivity contribution in [1.29, 1.82) is 0 Å². The van der Waals surface area contributed by atoms with Crippen molar-refractivity contribution in [3.63, 3.8) is 0 Å². The normalized spacial score (nSPS) is 43.1. The summed E-state index contributed by atoms with van der Waals surface area (Å²) in [5, 5.41) is 33.2. The number of hydrogen-bond acceptors (Lipinski definition) is 6. The molecule has 3 aliphatic carbocycles. The number of hydrogen-bond donors (Lipinski definition) is 4. The van der Waals surface area contributed by atoms with Crippen LogP contribution in [0.3, 0.4) is 0 Å². The monoisotopic (exact) mass is 358 g/mol. The molecule has 5 atom stereocenters. The molecular weight excluding hydrogens is 332 g/mol. The lowest BCUT2D eigenvalue weighted by Gasteiger charge is -2.63. The number of aliphatic hydroxyl groups is 2. The molecule has 5 N–H and O–H groups in total. The van der Waals surface area contributed by atoms with E-state index in [1.54, 1.807) is 6.07 Å². The maximum atomic E-state index is 12.1. The van der Waals surface area contributed by atoms with E-state index in [1.807, 2.05) is 0 Å². The van der Waals surface area contributed by atoms with Crippen LogP contribution in [0.1, 0.15) is 43.2 Å². The first-order chi connectivity index (χ1) is 12.5. The quantitative estimate of drug-likeness (QED) is 0.586. The minimum atomic E-state index is -0.942. The Bertz CT molecular complexity index is 809. The predicted octanol–water partition coefficient (Wildman–Crippen LogP) is 0.899. The summed E-state index contributed by atoms with van der Waals surface area (Å²) >= 11 is 0. The van der Waals surface area contributed by atoms with E-state index in [1.165, 1.54) is 12.8 Å². The highest BCUT2D eigenvalue weighted by Crippen LogP contribution is 2.66. The zero-order valence-corrected chi connectivity index (χ0v) is 14.8. The molecule has 2 heterocycles. The Morgan fingerprint density at radius 2 is 2.08 bits per heavy atom. The number of nitrogen functional groups attached to an aromatic ring is 1. The number of phenolic OH excluding ortho intramolecular Hbond substituents is 1. The molecule has 3 fully saturated rings. The van der Waals surface area contributed by atoms with E-state index < -0.39 is 23.2 Å². The van der Waals surface area contributed by atoms with Gasteiger partial charge in [0.2, 0.25) is 0 Å². The Balaban J connectivity index is 1.59. The van der Waals surface area contributed by atoms with Crippen LogP contribution < -0.4 is 10.5 Å². The summed E-state index contributed by atoms with van der Waals surface area (Å²) < 4.78 is 6.14. The molecule has 140 valence electrons. The van der Waals surface area contributed by atoms with Crippen molar-refractivity contribution in [3.8, 4) is 11.5 Å². The molecule has 6 heteroatoms. The van der Waals surface area contributed by atoms with E-state index >= 15 is 0 Å². The third-order valence-corrected chi connectivity index (χ3v) is 7.89. The van der Waals surface area contributed by atoms with Gasteiger partial charge in [-0.05, 0) is 56.6 Å². The first kappa shape index (κ1) is 15.5. The second-order valence-corrected chi connectivity index (χ2v) is 9.12. The second-order valence-electron chi connectivity index (χ2n) is 9.12. The van der Waals surface area contributed by atoms with Crippen molar-refractivity contribution in [2.75, 3.05) is 18.8 Å². The van der Waals surface area contributed by atoms with Crippen LogP contribution in [0.15, 0.2) is 6.07 Å². The van der Waals surface area contributed by atoms with Crippen molar-refractivity contribution in [2.45, 2.75) is 67.8 Å². The van der Waals surface area contributed by atoms with Crippen LogP contribution in [0.5, 0.6) is 11.5 Å². The molecule has 0 amide bonds. The summed E-state index contributed by atoms with van der Waals surface area (Å²) in [7, 11) is 0. The number of piperidine rings is 1. The van der Waals surface area contributed by atoms with Crippen LogP contribution in [0.25, 0.3) is 0 Å². The summed E-state index contributed by atoms with van der Waals surface area (Å²) in [6.07, 6.45) is 3.94. The highest BCUT2D eigenvalue weighted by atomic mass is 16.5. The van der Waals surface area contributed by atoms with Gasteiger partial charge in [-0.25, -0.2) is 0 Å². The summed E-state index contributed by atoms with van der Waals surface area (Å²) in [5.74, 6) is 1.22. The fraction of sp³-hybridized carbons (Fsp3) is 0.700. The maximum absolute atomic E-state index is 12.1. The first-order valence-electron chi connectivity index (χ1n) is 9.91. The minimum absolute atomic E-state index is 0.000688. The van der Waals surface area contributed by atoms with E-state index in [0.717, 1.165) is 36.6 Å². The number of likely N-dealkylation sites (tertiary alicyclic amines) is 1. The minimum Gasteiger partial charge on any atom is -0.504 e. The first-order valence-corrected chi connectivity index (χ1v) is 9.91. The number of rotatable bonds is 2. The summed E-state index contributed by atoms with van der Waals surface area (Å²) in [6, 6.07) is 1.57. The van der Waals surface area contributed by atoms with Gasteiger partial charge in [-0.1, -0.05) is 0 Å². The van der Waals surface area contributed by atoms with Gasteiger partial charge in [0.05, 0.1) is 17.1 Å². The van der Waals surface area contributed by atoms with E-state index in [0.29, 0.717) is 30.7 Å². The molecule has 2 aliphatic heterocycles. The van der Waals surface area contributed by atoms with Crippen LogP contribution >= 0.6 is 0 Å². The SMILES string of the molecule is Nc1cc(O)c2c3c1C[C@H]1N(CC4CC4)CC[C@@]34[C@@H](O2)[C@@H](O)CC[C@@]14O. The van der Waals surface area contributed by atoms with Crippen LogP contribution in [0.2, 0.25) is 0 Å². The zero-order chi connectivity index (χ0) is 17.8. The molecule has 6 rings (SSSR count). The van der Waals surface area contributed by atoms with Gasteiger partial charge in [-0.15, -0.1) is 0 Å². The van der Waals surface area contributed by atoms with E-state index in [4.69, 9.17) is 10.5 Å². The average molecular weight is 358 g/mol. The van der Waals surface area contributed by atoms with Gasteiger partial charge < -0.3 is 25.8 Å². The van der Waals surface area contributed by atoms with Crippen LogP contribution in [0, 0.1) is 5.92 Å². The Kier molecular flexibility index (Phi) is 2.79. The molecule has 2 saturated carbocycles. The molecule has 1 spiro atoms. The summed E-state index contributed by atoms with van der Waals surface area (Å²) in [5.41, 5.74) is 7.16. The van der Waals surface area contributed by atoms with Crippen LogP contribution in [-0.4, -0.2) is 57.2 Å². The maximum Gasteiger partial charge on any atom is 0.165 e. The molecule has 1 saturated heterocycles. The van der Waals surface area contributed by atoms with Gasteiger partial charge in [0.25, 0.3) is 0 Å². The third kappa shape index (κ3) is 1.60. The van der Waals surface area contributed by atoms with E-state index in [-0.39, 0.29) is 11.8 Å². The van der Waals surface area contributed by atoms with Crippen molar-refractivity contribution >= 4 is 5.69 Å². The van der Waals surface area contributed by atoms with Crippen molar-refractivity contribution in [1.82, 2.24) is 4.90 Å². The molecule has 0 unspecified atom stereocenters. The largest absolute Gasteiger partial charge is 0.504 e.